The van der Waals surface area contributed by atoms with E-state index >= 15 is 0 Å². The standard InChI is InChI=1S/C13H24N2O4Si/c1-4-9-15(11-7-8-11)13(17)19-20(2,3)18-12(16)14-10-5-6-10/h10-11H,4-9H2,1-3H3,(H,14,16). The quantitative estimate of drug-likeness (QED) is 0.766. The SMILES string of the molecule is CCCN(C(=O)O[Si](C)(C)OC(=O)NC1CC1)C1CC1. The van der Waals surface area contributed by atoms with Gasteiger partial charge in [0.05, 0.1) is 0 Å². The Labute approximate surface area is 121 Å². The minimum Gasteiger partial charge on any atom is -0.469 e. The van der Waals surface area contributed by atoms with Gasteiger partial charge >= 0.3 is 20.7 Å². The van der Waals surface area contributed by atoms with Crippen LogP contribution < -0.4 is 5.32 Å². The van der Waals surface area contributed by atoms with Crippen LogP contribution in [0.1, 0.15) is 39.0 Å². The molecule has 0 saturated heterocycles. The van der Waals surface area contributed by atoms with Crippen LogP contribution in [-0.4, -0.2) is 44.3 Å². The van der Waals surface area contributed by atoms with E-state index in [1.165, 1.54) is 0 Å². The lowest BCUT2D eigenvalue weighted by Gasteiger charge is -2.27. The highest BCUT2D eigenvalue weighted by atomic mass is 28.4. The number of amides is 2. The van der Waals surface area contributed by atoms with Crippen LogP contribution in [0.15, 0.2) is 0 Å². The Balaban J connectivity index is 1.81. The first-order valence-electron chi connectivity index (χ1n) is 7.40. The van der Waals surface area contributed by atoms with Gasteiger partial charge in [-0.25, -0.2) is 9.59 Å². The van der Waals surface area contributed by atoms with Gasteiger partial charge in [-0.1, -0.05) is 6.92 Å². The van der Waals surface area contributed by atoms with E-state index in [4.69, 9.17) is 8.85 Å². The van der Waals surface area contributed by atoms with Gasteiger partial charge in [-0.15, -0.1) is 0 Å². The summed E-state index contributed by atoms with van der Waals surface area (Å²) in [6.07, 6.45) is 4.18. The van der Waals surface area contributed by atoms with Crippen molar-refractivity contribution in [3.8, 4) is 0 Å². The minimum absolute atomic E-state index is 0.242. The largest absolute Gasteiger partial charge is 0.469 e. The second-order valence-corrected chi connectivity index (χ2v) is 9.21. The maximum Gasteiger partial charge on any atom is 0.460 e. The van der Waals surface area contributed by atoms with Gasteiger partial charge in [0.2, 0.25) is 0 Å². The molecule has 2 fully saturated rings. The Morgan fingerprint density at radius 1 is 1.20 bits per heavy atom. The number of nitrogens with zero attached hydrogens (tertiary/aromatic N) is 1. The Morgan fingerprint density at radius 3 is 2.35 bits per heavy atom. The van der Waals surface area contributed by atoms with E-state index in [1.807, 2.05) is 6.92 Å². The average molecular weight is 300 g/mol. The predicted molar refractivity (Wildman–Crippen MR) is 76.6 cm³/mol. The maximum atomic E-state index is 12.2. The van der Waals surface area contributed by atoms with Crippen LogP contribution in [0.3, 0.4) is 0 Å². The van der Waals surface area contributed by atoms with E-state index < -0.39 is 14.7 Å². The van der Waals surface area contributed by atoms with E-state index in [0.29, 0.717) is 12.6 Å². The van der Waals surface area contributed by atoms with E-state index in [-0.39, 0.29) is 12.1 Å². The molecule has 0 aliphatic heterocycles. The predicted octanol–water partition coefficient (Wildman–Crippen LogP) is 2.59. The van der Waals surface area contributed by atoms with Crippen molar-refractivity contribution in [3.05, 3.63) is 0 Å². The number of rotatable bonds is 6. The van der Waals surface area contributed by atoms with E-state index in [1.54, 1.807) is 18.0 Å². The second-order valence-electron chi connectivity index (χ2n) is 6.00. The first-order valence-corrected chi connectivity index (χ1v) is 10.2. The molecule has 20 heavy (non-hydrogen) atoms. The highest BCUT2D eigenvalue weighted by Crippen LogP contribution is 2.28. The molecule has 7 heteroatoms. The summed E-state index contributed by atoms with van der Waals surface area (Å²) in [5.74, 6) is 0. The molecule has 0 aromatic heterocycles. The Hall–Kier alpha value is -1.24. The molecule has 0 aromatic carbocycles. The molecule has 0 atom stereocenters. The first-order chi connectivity index (χ1) is 9.41. The molecule has 1 N–H and O–H groups in total. The topological polar surface area (TPSA) is 67.9 Å². The van der Waals surface area contributed by atoms with E-state index in [9.17, 15) is 9.59 Å². The van der Waals surface area contributed by atoms with Gasteiger partial charge in [0.1, 0.15) is 0 Å². The van der Waals surface area contributed by atoms with Crippen molar-refractivity contribution in [1.82, 2.24) is 10.2 Å². The first kappa shape index (κ1) is 15.2. The maximum absolute atomic E-state index is 12.2. The van der Waals surface area contributed by atoms with Crippen LogP contribution >= 0.6 is 0 Å². The number of hydrogen-bond acceptors (Lipinski definition) is 4. The van der Waals surface area contributed by atoms with Gasteiger partial charge in [-0.3, -0.25) is 0 Å². The molecule has 0 radical (unpaired) electrons. The van der Waals surface area contributed by atoms with Gasteiger partial charge in [-0.05, 0) is 32.1 Å². The molecule has 6 nitrogen and oxygen atoms in total. The van der Waals surface area contributed by atoms with Gasteiger partial charge in [0.25, 0.3) is 0 Å². The molecule has 114 valence electrons. The monoisotopic (exact) mass is 300 g/mol. The third-order valence-electron chi connectivity index (χ3n) is 3.26. The summed E-state index contributed by atoms with van der Waals surface area (Å²) < 4.78 is 10.8. The fraction of sp³-hybridized carbons (Fsp3) is 0.846. The Bertz CT molecular complexity index is 381. The zero-order chi connectivity index (χ0) is 14.8. The lowest BCUT2D eigenvalue weighted by Crippen LogP contribution is -2.47. The summed E-state index contributed by atoms with van der Waals surface area (Å²) in [5, 5.41) is 2.74. The van der Waals surface area contributed by atoms with Gasteiger partial charge in [0.15, 0.2) is 0 Å². The fourth-order valence-corrected chi connectivity index (χ4v) is 3.07. The highest BCUT2D eigenvalue weighted by molar-refractivity contribution is 6.67. The fourth-order valence-electron chi connectivity index (χ4n) is 1.99. The molecule has 0 unspecified atom stereocenters. The average Bonchev–Trinajstić information content (AvgIpc) is 3.16. The van der Waals surface area contributed by atoms with Crippen molar-refractivity contribution in [1.29, 1.82) is 0 Å². The normalized spacial score (nSPS) is 18.4. The number of carbonyl (C=O) groups is 2. The summed E-state index contributed by atoms with van der Waals surface area (Å²) in [4.78, 5) is 25.6. The molecular weight excluding hydrogens is 276 g/mol. The molecule has 2 amide bonds. The van der Waals surface area contributed by atoms with Gasteiger partial charge in [-0.2, -0.15) is 0 Å². The number of nitrogens with one attached hydrogen (secondary N) is 1. The van der Waals surface area contributed by atoms with Crippen molar-refractivity contribution in [3.63, 3.8) is 0 Å². The second kappa shape index (κ2) is 6.03. The summed E-state index contributed by atoms with van der Waals surface area (Å²) in [5.41, 5.74) is 0. The summed E-state index contributed by atoms with van der Waals surface area (Å²) in [6.45, 7) is 6.16. The van der Waals surface area contributed by atoms with Crippen molar-refractivity contribution >= 4 is 20.7 Å². The molecular formula is C13H24N2O4Si. The lowest BCUT2D eigenvalue weighted by atomic mass is 10.4. The highest BCUT2D eigenvalue weighted by Gasteiger charge is 2.40. The summed E-state index contributed by atoms with van der Waals surface area (Å²) >= 11 is 0. The van der Waals surface area contributed by atoms with Crippen molar-refractivity contribution in [2.75, 3.05) is 6.54 Å². The van der Waals surface area contributed by atoms with Crippen LogP contribution in [0.25, 0.3) is 0 Å². The van der Waals surface area contributed by atoms with Crippen LogP contribution in [0.4, 0.5) is 9.59 Å². The Morgan fingerprint density at radius 2 is 1.85 bits per heavy atom. The van der Waals surface area contributed by atoms with E-state index in [0.717, 1.165) is 32.1 Å². The third kappa shape index (κ3) is 4.70. The van der Waals surface area contributed by atoms with Gasteiger partial charge in [0, 0.05) is 31.7 Å². The summed E-state index contributed by atoms with van der Waals surface area (Å²) in [6, 6.07) is 0.554. The van der Waals surface area contributed by atoms with Crippen LogP contribution in [-0.2, 0) is 8.85 Å². The smallest absolute Gasteiger partial charge is 0.460 e. The Kier molecular flexibility index (Phi) is 4.57. The molecule has 0 spiro atoms. The molecule has 0 heterocycles. The zero-order valence-corrected chi connectivity index (χ0v) is 13.5. The van der Waals surface area contributed by atoms with Gasteiger partial charge < -0.3 is 19.1 Å². The van der Waals surface area contributed by atoms with Crippen molar-refractivity contribution in [2.24, 2.45) is 0 Å². The molecule has 0 bridgehead atoms. The minimum atomic E-state index is -2.78. The lowest BCUT2D eigenvalue weighted by molar-refractivity contribution is 0.130. The number of hydrogen-bond donors (Lipinski definition) is 1. The summed E-state index contributed by atoms with van der Waals surface area (Å²) in [7, 11) is -2.78. The molecule has 2 saturated carbocycles. The van der Waals surface area contributed by atoms with E-state index in [2.05, 4.69) is 5.32 Å². The van der Waals surface area contributed by atoms with Crippen molar-refractivity contribution in [2.45, 2.75) is 64.2 Å². The third-order valence-corrected chi connectivity index (χ3v) is 4.60. The molecule has 0 aromatic rings. The molecule has 2 aliphatic carbocycles. The molecule has 2 rings (SSSR count). The van der Waals surface area contributed by atoms with Crippen molar-refractivity contribution < 1.29 is 18.4 Å². The number of carbonyl (C=O) groups excluding carboxylic acids is 2. The van der Waals surface area contributed by atoms with Crippen LogP contribution in [0.5, 0.6) is 0 Å². The van der Waals surface area contributed by atoms with Crippen LogP contribution in [0, 0.1) is 0 Å². The van der Waals surface area contributed by atoms with Crippen LogP contribution in [0.2, 0.25) is 13.1 Å². The molecule has 2 aliphatic rings. The zero-order valence-electron chi connectivity index (χ0n) is 12.5.